The Morgan fingerprint density at radius 2 is 1.62 bits per heavy atom. The smallest absolute Gasteiger partial charge is 0.0304 e. The number of hydrogen-bond donors (Lipinski definition) is 0. The summed E-state index contributed by atoms with van der Waals surface area (Å²) in [4.78, 5) is 0. The van der Waals surface area contributed by atoms with Gasteiger partial charge in [-0.05, 0) is 24.2 Å². The highest BCUT2D eigenvalue weighted by molar-refractivity contribution is 7.38. The average molecular weight is 225 g/mol. The van der Waals surface area contributed by atoms with E-state index in [2.05, 4.69) is 27.7 Å². The standard InChI is InChI=1S/C11H25P.ClH/c1-5-6-7-8-9-12-10-11(2,3)4;/h12H,5-10H2,1-4H3;1H. The van der Waals surface area contributed by atoms with Crippen molar-refractivity contribution in [3.05, 3.63) is 0 Å². The van der Waals surface area contributed by atoms with Gasteiger partial charge in [-0.15, -0.1) is 21.0 Å². The number of hydrogen-bond acceptors (Lipinski definition) is 0. The Kier molecular flexibility index (Phi) is 11.5. The first-order chi connectivity index (χ1) is 5.56. The maximum atomic E-state index is 2.34. The average Bonchev–Trinajstić information content (AvgIpc) is 1.94. The fourth-order valence-corrected chi connectivity index (χ4v) is 2.57. The van der Waals surface area contributed by atoms with Crippen LogP contribution in [0.1, 0.15) is 53.4 Å². The van der Waals surface area contributed by atoms with Gasteiger partial charge in [0, 0.05) is 0 Å². The summed E-state index contributed by atoms with van der Waals surface area (Å²) in [6, 6.07) is 0. The Balaban J connectivity index is 0. The highest BCUT2D eigenvalue weighted by Crippen LogP contribution is 2.25. The normalized spacial score (nSPS) is 12.0. The van der Waals surface area contributed by atoms with Crippen LogP contribution in [0.15, 0.2) is 0 Å². The molecule has 13 heavy (non-hydrogen) atoms. The third-order valence-electron chi connectivity index (χ3n) is 1.86. The molecule has 0 aliphatic heterocycles. The predicted octanol–water partition coefficient (Wildman–Crippen LogP) is 4.71. The van der Waals surface area contributed by atoms with Gasteiger partial charge in [-0.2, -0.15) is 0 Å². The third kappa shape index (κ3) is 15.5. The first kappa shape index (κ1) is 16.2. The number of rotatable bonds is 6. The molecule has 0 saturated heterocycles. The van der Waals surface area contributed by atoms with Gasteiger partial charge in [-0.25, -0.2) is 0 Å². The minimum atomic E-state index is 0. The maximum absolute atomic E-state index is 2.34. The predicted molar refractivity (Wildman–Crippen MR) is 68.9 cm³/mol. The van der Waals surface area contributed by atoms with E-state index in [1.165, 1.54) is 46.6 Å². The van der Waals surface area contributed by atoms with E-state index in [9.17, 15) is 0 Å². The van der Waals surface area contributed by atoms with Crippen LogP contribution < -0.4 is 0 Å². The first-order valence-electron chi connectivity index (χ1n) is 5.27. The SMILES string of the molecule is CCCCCCPCC(C)(C)C.Cl. The van der Waals surface area contributed by atoms with Crippen molar-refractivity contribution >= 4 is 21.0 Å². The zero-order valence-electron chi connectivity index (χ0n) is 9.65. The lowest BCUT2D eigenvalue weighted by Gasteiger charge is -2.17. The Morgan fingerprint density at radius 1 is 1.00 bits per heavy atom. The van der Waals surface area contributed by atoms with Crippen LogP contribution in [-0.4, -0.2) is 12.3 Å². The van der Waals surface area contributed by atoms with Gasteiger partial charge >= 0.3 is 0 Å². The van der Waals surface area contributed by atoms with Crippen LogP contribution >= 0.6 is 21.0 Å². The number of halogens is 1. The van der Waals surface area contributed by atoms with Crippen LogP contribution in [0.25, 0.3) is 0 Å². The Bertz CT molecular complexity index is 96.8. The molecule has 0 fully saturated rings. The van der Waals surface area contributed by atoms with E-state index in [1.54, 1.807) is 0 Å². The van der Waals surface area contributed by atoms with E-state index in [0.29, 0.717) is 5.41 Å². The van der Waals surface area contributed by atoms with Crippen molar-refractivity contribution in [2.45, 2.75) is 53.4 Å². The zero-order valence-corrected chi connectivity index (χ0v) is 11.5. The van der Waals surface area contributed by atoms with Crippen LogP contribution in [0.3, 0.4) is 0 Å². The fourth-order valence-electron chi connectivity index (χ4n) is 1.14. The molecule has 1 atom stereocenters. The molecule has 0 bridgehead atoms. The van der Waals surface area contributed by atoms with E-state index in [1.807, 2.05) is 0 Å². The van der Waals surface area contributed by atoms with Crippen LogP contribution in [0.2, 0.25) is 0 Å². The van der Waals surface area contributed by atoms with Crippen molar-refractivity contribution in [1.82, 2.24) is 0 Å². The summed E-state index contributed by atoms with van der Waals surface area (Å²) in [5, 5.41) is 0. The molecule has 0 heterocycles. The summed E-state index contributed by atoms with van der Waals surface area (Å²) in [7, 11) is 1.19. The molecular formula is C11H26ClP. The van der Waals surface area contributed by atoms with E-state index < -0.39 is 0 Å². The van der Waals surface area contributed by atoms with Gasteiger partial charge in [-0.1, -0.05) is 47.0 Å². The van der Waals surface area contributed by atoms with E-state index in [4.69, 9.17) is 0 Å². The van der Waals surface area contributed by atoms with Crippen molar-refractivity contribution in [3.8, 4) is 0 Å². The van der Waals surface area contributed by atoms with E-state index in [0.717, 1.165) is 0 Å². The largest absolute Gasteiger partial charge is 0.147 e. The van der Waals surface area contributed by atoms with Crippen LogP contribution in [0.5, 0.6) is 0 Å². The molecule has 0 amide bonds. The van der Waals surface area contributed by atoms with Gasteiger partial charge < -0.3 is 0 Å². The van der Waals surface area contributed by atoms with Gasteiger partial charge in [0.15, 0.2) is 0 Å². The Morgan fingerprint density at radius 3 is 2.08 bits per heavy atom. The molecule has 0 radical (unpaired) electrons. The van der Waals surface area contributed by atoms with Gasteiger partial charge in [0.25, 0.3) is 0 Å². The molecule has 0 saturated carbocycles. The van der Waals surface area contributed by atoms with Crippen molar-refractivity contribution in [1.29, 1.82) is 0 Å². The molecule has 0 nitrogen and oxygen atoms in total. The van der Waals surface area contributed by atoms with Gasteiger partial charge in [0.2, 0.25) is 0 Å². The highest BCUT2D eigenvalue weighted by Gasteiger charge is 2.08. The molecule has 0 N–H and O–H groups in total. The van der Waals surface area contributed by atoms with Crippen molar-refractivity contribution in [2.24, 2.45) is 5.41 Å². The van der Waals surface area contributed by atoms with E-state index >= 15 is 0 Å². The Hall–Kier alpha value is 0.720. The lowest BCUT2D eigenvalue weighted by atomic mass is 10.0. The van der Waals surface area contributed by atoms with Gasteiger partial charge in [0.05, 0.1) is 0 Å². The summed E-state index contributed by atoms with van der Waals surface area (Å²) in [6.07, 6.45) is 8.59. The number of unbranched alkanes of at least 4 members (excludes halogenated alkanes) is 3. The lowest BCUT2D eigenvalue weighted by molar-refractivity contribution is 0.478. The molecule has 2 heteroatoms. The zero-order chi connectivity index (χ0) is 9.45. The molecule has 0 aromatic carbocycles. The summed E-state index contributed by atoms with van der Waals surface area (Å²) in [5.41, 5.74) is 0.559. The molecular weight excluding hydrogens is 199 g/mol. The summed E-state index contributed by atoms with van der Waals surface area (Å²) in [5.74, 6) is 0. The molecule has 82 valence electrons. The third-order valence-corrected chi connectivity index (χ3v) is 3.88. The van der Waals surface area contributed by atoms with Crippen LogP contribution in [-0.2, 0) is 0 Å². The minimum Gasteiger partial charge on any atom is -0.147 e. The Labute approximate surface area is 92.5 Å². The molecule has 0 aliphatic carbocycles. The molecule has 0 aromatic rings. The fraction of sp³-hybridized carbons (Fsp3) is 1.00. The topological polar surface area (TPSA) is 0 Å². The monoisotopic (exact) mass is 224 g/mol. The maximum Gasteiger partial charge on any atom is -0.0304 e. The van der Waals surface area contributed by atoms with Crippen LogP contribution in [0.4, 0.5) is 0 Å². The van der Waals surface area contributed by atoms with Gasteiger partial charge in [-0.3, -0.25) is 0 Å². The molecule has 0 spiro atoms. The van der Waals surface area contributed by atoms with E-state index in [-0.39, 0.29) is 12.4 Å². The lowest BCUT2D eigenvalue weighted by Crippen LogP contribution is -2.07. The molecule has 0 aromatic heterocycles. The first-order valence-corrected chi connectivity index (χ1v) is 6.68. The summed E-state index contributed by atoms with van der Waals surface area (Å²) in [6.45, 7) is 9.29. The molecule has 0 rings (SSSR count). The molecule has 1 unspecified atom stereocenters. The van der Waals surface area contributed by atoms with Gasteiger partial charge in [0.1, 0.15) is 0 Å². The molecule has 0 aliphatic rings. The van der Waals surface area contributed by atoms with Crippen molar-refractivity contribution in [3.63, 3.8) is 0 Å². The highest BCUT2D eigenvalue weighted by atomic mass is 35.5. The summed E-state index contributed by atoms with van der Waals surface area (Å²) < 4.78 is 0. The minimum absolute atomic E-state index is 0. The second kappa shape index (κ2) is 9.28. The second-order valence-corrected chi connectivity index (χ2v) is 6.15. The second-order valence-electron chi connectivity index (χ2n) is 4.80. The summed E-state index contributed by atoms with van der Waals surface area (Å²) >= 11 is 0. The van der Waals surface area contributed by atoms with Crippen LogP contribution in [0, 0.1) is 5.41 Å². The van der Waals surface area contributed by atoms with Crippen molar-refractivity contribution < 1.29 is 0 Å². The van der Waals surface area contributed by atoms with Crippen molar-refractivity contribution in [2.75, 3.05) is 12.3 Å². The quantitative estimate of drug-likeness (QED) is 0.453.